The minimum absolute atomic E-state index is 0.358. The second kappa shape index (κ2) is 12.5. The van der Waals surface area contributed by atoms with Gasteiger partial charge in [0.2, 0.25) is 11.8 Å². The van der Waals surface area contributed by atoms with Crippen LogP contribution in [0.4, 0.5) is 0 Å². The molecule has 0 saturated carbocycles. The number of methoxy groups -OCH3 is 1. The van der Waals surface area contributed by atoms with E-state index in [1.807, 2.05) is 38.1 Å². The van der Waals surface area contributed by atoms with Crippen LogP contribution in [0.1, 0.15) is 18.4 Å². The van der Waals surface area contributed by atoms with E-state index in [-0.39, 0.29) is 4.94 Å². The van der Waals surface area contributed by atoms with Crippen molar-refractivity contribution in [2.24, 2.45) is 0 Å². The second-order valence-electron chi connectivity index (χ2n) is 4.70. The quantitative estimate of drug-likeness (QED) is 0.684. The van der Waals surface area contributed by atoms with Gasteiger partial charge in [-0.25, -0.2) is 14.8 Å². The molecule has 7 nitrogen and oxygen atoms in total. The molecule has 0 N–H and O–H groups in total. The van der Waals surface area contributed by atoms with Crippen LogP contribution in [0.2, 0.25) is 0 Å². The number of benzene rings is 1. The molecule has 0 spiro atoms. The summed E-state index contributed by atoms with van der Waals surface area (Å²) in [7, 11) is 3.25. The van der Waals surface area contributed by atoms with Crippen LogP contribution in [0.15, 0.2) is 58.1 Å². The zero-order valence-corrected chi connectivity index (χ0v) is 15.9. The Balaban J connectivity index is 0.000000243. The number of hydrogen-bond acceptors (Lipinski definition) is 8. The summed E-state index contributed by atoms with van der Waals surface area (Å²) >= 11 is 0.821. The molecule has 0 bridgehead atoms. The molecule has 0 fully saturated rings. The van der Waals surface area contributed by atoms with E-state index in [2.05, 4.69) is 23.5 Å². The molecule has 0 aliphatic rings. The SMILES string of the molecule is C/C=C/c1nsc(=O)o1.COC.Cc1ccccc1Oc1ccncn1. The Bertz CT molecular complexity index is 831. The Hall–Kier alpha value is -2.84. The van der Waals surface area contributed by atoms with Crippen LogP contribution < -0.4 is 9.68 Å². The highest BCUT2D eigenvalue weighted by atomic mass is 32.1. The van der Waals surface area contributed by atoms with Crippen molar-refractivity contribution in [1.29, 1.82) is 0 Å². The number of nitrogens with zero attached hydrogens (tertiary/aromatic N) is 3. The number of aromatic nitrogens is 3. The summed E-state index contributed by atoms with van der Waals surface area (Å²) in [4.78, 5) is 17.8. The molecule has 2 aromatic heterocycles. The molecule has 1 aromatic carbocycles. The van der Waals surface area contributed by atoms with E-state index in [0.29, 0.717) is 11.8 Å². The third-order valence-electron chi connectivity index (χ3n) is 2.57. The summed E-state index contributed by atoms with van der Waals surface area (Å²) in [5.74, 6) is 1.77. The predicted molar refractivity (Wildman–Crippen MR) is 102 cm³/mol. The lowest BCUT2D eigenvalue weighted by atomic mass is 10.2. The molecular weight excluding hydrogens is 354 g/mol. The van der Waals surface area contributed by atoms with Crippen molar-refractivity contribution in [3.05, 3.63) is 70.1 Å². The number of rotatable bonds is 3. The van der Waals surface area contributed by atoms with Gasteiger partial charge in [-0.15, -0.1) is 4.37 Å². The number of ether oxygens (including phenoxy) is 2. The highest BCUT2D eigenvalue weighted by Crippen LogP contribution is 2.21. The highest BCUT2D eigenvalue weighted by Gasteiger charge is 1.99. The van der Waals surface area contributed by atoms with Crippen molar-refractivity contribution >= 4 is 17.6 Å². The Morgan fingerprint density at radius 3 is 2.46 bits per heavy atom. The topological polar surface area (TPSA) is 87.3 Å². The predicted octanol–water partition coefficient (Wildman–Crippen LogP) is 3.97. The van der Waals surface area contributed by atoms with Gasteiger partial charge in [0.1, 0.15) is 12.1 Å². The zero-order valence-electron chi connectivity index (χ0n) is 15.1. The summed E-state index contributed by atoms with van der Waals surface area (Å²) in [5, 5.41) is 0. The van der Waals surface area contributed by atoms with Gasteiger partial charge in [0, 0.05) is 26.5 Å². The molecule has 8 heteroatoms. The van der Waals surface area contributed by atoms with Crippen LogP contribution in [0, 0.1) is 6.92 Å². The fourth-order valence-electron chi connectivity index (χ4n) is 1.53. The summed E-state index contributed by atoms with van der Waals surface area (Å²) in [6.07, 6.45) is 6.52. The smallest absolute Gasteiger partial charge is 0.414 e. The molecule has 26 heavy (non-hydrogen) atoms. The number of allylic oxidation sites excluding steroid dienone is 1. The van der Waals surface area contributed by atoms with Crippen LogP contribution in [-0.2, 0) is 4.74 Å². The Morgan fingerprint density at radius 1 is 1.19 bits per heavy atom. The van der Waals surface area contributed by atoms with Gasteiger partial charge >= 0.3 is 4.94 Å². The molecule has 0 atom stereocenters. The Labute approximate surface area is 156 Å². The number of aryl methyl sites for hydroxylation is 1. The summed E-state index contributed by atoms with van der Waals surface area (Å²) in [5.41, 5.74) is 1.09. The standard InChI is InChI=1S/C11H10N2O.C5H5NO2S.C2H6O/c1-9-4-2-3-5-10(9)14-11-6-7-12-8-13-11;1-2-3-4-6-9-5(7)8-4;1-3-2/h2-8H,1H3;2-3H,1H3;1-2H3/b;3-2+;. The zero-order chi connectivity index (χ0) is 19.2. The molecule has 3 rings (SSSR count). The third-order valence-corrected chi connectivity index (χ3v) is 3.07. The van der Waals surface area contributed by atoms with Gasteiger partial charge in [0.05, 0.1) is 11.5 Å². The Kier molecular flexibility index (Phi) is 10.2. The average molecular weight is 375 g/mol. The number of hydrogen-bond donors (Lipinski definition) is 0. The lowest BCUT2D eigenvalue weighted by Crippen LogP contribution is -1.89. The van der Waals surface area contributed by atoms with Gasteiger partial charge in [-0.2, -0.15) is 0 Å². The second-order valence-corrected chi connectivity index (χ2v) is 5.39. The van der Waals surface area contributed by atoms with Crippen molar-refractivity contribution < 1.29 is 13.9 Å². The van der Waals surface area contributed by atoms with E-state index >= 15 is 0 Å². The minimum Gasteiger partial charge on any atom is -0.439 e. The largest absolute Gasteiger partial charge is 0.439 e. The Morgan fingerprint density at radius 2 is 1.92 bits per heavy atom. The van der Waals surface area contributed by atoms with Crippen LogP contribution in [-0.4, -0.2) is 28.6 Å². The molecule has 0 aliphatic heterocycles. The third kappa shape index (κ3) is 8.32. The van der Waals surface area contributed by atoms with Crippen LogP contribution in [0.25, 0.3) is 6.08 Å². The lowest BCUT2D eigenvalue weighted by Gasteiger charge is -2.05. The molecule has 0 saturated heterocycles. The maximum atomic E-state index is 10.3. The van der Waals surface area contributed by atoms with Crippen LogP contribution in [0.3, 0.4) is 0 Å². The van der Waals surface area contributed by atoms with Crippen LogP contribution in [0.5, 0.6) is 11.6 Å². The maximum absolute atomic E-state index is 10.3. The van der Waals surface area contributed by atoms with Gasteiger partial charge in [-0.05, 0) is 31.6 Å². The van der Waals surface area contributed by atoms with Crippen LogP contribution >= 0.6 is 11.5 Å². The lowest BCUT2D eigenvalue weighted by molar-refractivity contribution is 0.277. The van der Waals surface area contributed by atoms with E-state index in [1.54, 1.807) is 38.6 Å². The van der Waals surface area contributed by atoms with Gasteiger partial charge < -0.3 is 13.9 Å². The normalized spacial score (nSPS) is 9.69. The van der Waals surface area contributed by atoms with E-state index in [9.17, 15) is 4.79 Å². The van der Waals surface area contributed by atoms with E-state index < -0.39 is 0 Å². The highest BCUT2D eigenvalue weighted by molar-refractivity contribution is 7.02. The first-order chi connectivity index (χ1) is 12.6. The van der Waals surface area contributed by atoms with Crippen molar-refractivity contribution in [1.82, 2.24) is 14.3 Å². The van der Waals surface area contributed by atoms with Gasteiger partial charge in [0.15, 0.2) is 0 Å². The van der Waals surface area contributed by atoms with Gasteiger partial charge in [0.25, 0.3) is 0 Å². The van der Waals surface area contributed by atoms with Crippen molar-refractivity contribution in [3.63, 3.8) is 0 Å². The molecule has 138 valence electrons. The monoisotopic (exact) mass is 375 g/mol. The van der Waals surface area contributed by atoms with Gasteiger partial charge in [-0.3, -0.25) is 0 Å². The van der Waals surface area contributed by atoms with E-state index in [0.717, 1.165) is 22.8 Å². The molecule has 0 unspecified atom stereocenters. The number of para-hydroxylation sites is 1. The average Bonchev–Trinajstić information content (AvgIpc) is 3.05. The molecule has 0 amide bonds. The van der Waals surface area contributed by atoms with Gasteiger partial charge in [-0.1, -0.05) is 24.3 Å². The molecule has 2 heterocycles. The molecular formula is C18H21N3O4S. The molecule has 0 aliphatic carbocycles. The first kappa shape index (κ1) is 21.2. The van der Waals surface area contributed by atoms with Crippen molar-refractivity contribution in [3.8, 4) is 11.6 Å². The van der Waals surface area contributed by atoms with E-state index in [4.69, 9.17) is 4.74 Å². The summed E-state index contributed by atoms with van der Waals surface area (Å²) in [6, 6.07) is 9.55. The fraction of sp³-hybridized carbons (Fsp3) is 0.222. The molecule has 3 aromatic rings. The first-order valence-corrected chi connectivity index (χ1v) is 8.37. The minimum atomic E-state index is -0.358. The fourth-order valence-corrected chi connectivity index (χ4v) is 1.92. The maximum Gasteiger partial charge on any atom is 0.414 e. The first-order valence-electron chi connectivity index (χ1n) is 7.59. The summed E-state index contributed by atoms with van der Waals surface area (Å²) < 4.78 is 18.1. The van der Waals surface area contributed by atoms with E-state index in [1.165, 1.54) is 6.33 Å². The van der Waals surface area contributed by atoms with Crippen molar-refractivity contribution in [2.45, 2.75) is 13.8 Å². The molecule has 0 radical (unpaired) electrons. The summed E-state index contributed by atoms with van der Waals surface area (Å²) in [6.45, 7) is 3.83. The van der Waals surface area contributed by atoms with Crippen molar-refractivity contribution in [2.75, 3.05) is 14.2 Å².